The van der Waals surface area contributed by atoms with Crippen molar-refractivity contribution in [3.05, 3.63) is 23.9 Å². The number of rotatable bonds is 2. The van der Waals surface area contributed by atoms with E-state index in [1.807, 2.05) is 7.05 Å². The van der Waals surface area contributed by atoms with Crippen LogP contribution in [0.4, 0.5) is 0 Å². The van der Waals surface area contributed by atoms with E-state index in [9.17, 15) is 0 Å². The smallest absolute Gasteiger partial charge is 0.00278 e. The molecule has 0 heterocycles. The molecule has 0 aromatic carbocycles. The van der Waals surface area contributed by atoms with Gasteiger partial charge in [0.05, 0.1) is 0 Å². The van der Waals surface area contributed by atoms with Gasteiger partial charge in [-0.3, -0.25) is 0 Å². The van der Waals surface area contributed by atoms with Crippen molar-refractivity contribution in [2.75, 3.05) is 7.05 Å². The van der Waals surface area contributed by atoms with E-state index in [1.54, 1.807) is 0 Å². The van der Waals surface area contributed by atoms with Crippen LogP contribution < -0.4 is 5.32 Å². The summed E-state index contributed by atoms with van der Waals surface area (Å²) in [6, 6.07) is 0. The highest BCUT2D eigenvalue weighted by atomic mass is 14.8. The summed E-state index contributed by atoms with van der Waals surface area (Å²) in [6.45, 7) is 4.53. The maximum absolute atomic E-state index is 3.08. The van der Waals surface area contributed by atoms with Crippen molar-refractivity contribution in [1.82, 2.24) is 5.32 Å². The van der Waals surface area contributed by atoms with Gasteiger partial charge in [0.25, 0.3) is 0 Å². The van der Waals surface area contributed by atoms with Gasteiger partial charge in [0.15, 0.2) is 0 Å². The van der Waals surface area contributed by atoms with Gasteiger partial charge < -0.3 is 5.32 Å². The van der Waals surface area contributed by atoms with E-state index in [4.69, 9.17) is 0 Å². The van der Waals surface area contributed by atoms with Gasteiger partial charge in [-0.1, -0.05) is 26.0 Å². The van der Waals surface area contributed by atoms with E-state index in [2.05, 4.69) is 37.5 Å². The average molecular weight is 151 g/mol. The van der Waals surface area contributed by atoms with E-state index in [0.29, 0.717) is 0 Å². The monoisotopic (exact) mass is 151 g/mol. The first-order valence-electron chi connectivity index (χ1n) is 4.35. The summed E-state index contributed by atoms with van der Waals surface area (Å²) in [5, 5.41) is 3.08. The molecule has 1 aliphatic rings. The number of nitrogens with one attached hydrogen (secondary N) is 1. The van der Waals surface area contributed by atoms with Crippen LogP contribution in [-0.2, 0) is 0 Å². The molecule has 0 bridgehead atoms. The molecule has 62 valence electrons. The second-order valence-corrected chi connectivity index (χ2v) is 3.17. The van der Waals surface area contributed by atoms with Gasteiger partial charge in [0, 0.05) is 7.05 Å². The third-order valence-corrected chi connectivity index (χ3v) is 2.41. The molecule has 1 nitrogen and oxygen atoms in total. The number of allylic oxidation sites excluding steroid dienone is 3. The summed E-state index contributed by atoms with van der Waals surface area (Å²) in [4.78, 5) is 0. The average Bonchev–Trinajstić information content (AvgIpc) is 2.33. The number of hydrogen-bond donors (Lipinski definition) is 1. The van der Waals surface area contributed by atoms with Crippen LogP contribution in [0, 0.1) is 11.8 Å². The Morgan fingerprint density at radius 1 is 1.64 bits per heavy atom. The SMILES string of the molecule is CCC1/C(=C\NC)C=C[C@H]1C. The molecule has 1 aliphatic carbocycles. The molecule has 1 unspecified atom stereocenters. The first-order valence-corrected chi connectivity index (χ1v) is 4.35. The standard InChI is InChI=1S/C10H17N/c1-4-10-8(2)5-6-9(10)7-11-3/h5-8,10-11H,4H2,1-3H3/b9-7-/t8-,10?/m1/s1. The molecular weight excluding hydrogens is 134 g/mol. The van der Waals surface area contributed by atoms with Crippen LogP contribution in [0.1, 0.15) is 20.3 Å². The zero-order chi connectivity index (χ0) is 8.27. The minimum atomic E-state index is 0.722. The lowest BCUT2D eigenvalue weighted by Gasteiger charge is -2.14. The summed E-state index contributed by atoms with van der Waals surface area (Å²) >= 11 is 0. The minimum absolute atomic E-state index is 0.722. The van der Waals surface area contributed by atoms with E-state index in [1.165, 1.54) is 12.0 Å². The summed E-state index contributed by atoms with van der Waals surface area (Å²) in [5.74, 6) is 1.46. The molecule has 0 aliphatic heterocycles. The maximum Gasteiger partial charge on any atom is 0.00278 e. The van der Waals surface area contributed by atoms with Crippen molar-refractivity contribution in [2.45, 2.75) is 20.3 Å². The Kier molecular flexibility index (Phi) is 2.75. The molecule has 11 heavy (non-hydrogen) atoms. The van der Waals surface area contributed by atoms with Gasteiger partial charge in [0.2, 0.25) is 0 Å². The lowest BCUT2D eigenvalue weighted by molar-refractivity contribution is 0.498. The van der Waals surface area contributed by atoms with Crippen LogP contribution in [0.5, 0.6) is 0 Å². The maximum atomic E-state index is 3.08. The fourth-order valence-electron chi connectivity index (χ4n) is 1.75. The Morgan fingerprint density at radius 2 is 2.36 bits per heavy atom. The number of hydrogen-bond acceptors (Lipinski definition) is 1. The predicted molar refractivity (Wildman–Crippen MR) is 49.2 cm³/mol. The molecule has 1 heteroatoms. The van der Waals surface area contributed by atoms with Crippen LogP contribution >= 0.6 is 0 Å². The van der Waals surface area contributed by atoms with Gasteiger partial charge in [-0.05, 0) is 30.0 Å². The van der Waals surface area contributed by atoms with Gasteiger partial charge in [-0.2, -0.15) is 0 Å². The van der Waals surface area contributed by atoms with E-state index >= 15 is 0 Å². The van der Waals surface area contributed by atoms with Gasteiger partial charge in [0.1, 0.15) is 0 Å². The van der Waals surface area contributed by atoms with Gasteiger partial charge in [-0.15, -0.1) is 0 Å². The molecular formula is C10H17N. The van der Waals surface area contributed by atoms with E-state index < -0.39 is 0 Å². The van der Waals surface area contributed by atoms with Gasteiger partial charge in [-0.25, -0.2) is 0 Å². The fraction of sp³-hybridized carbons (Fsp3) is 0.600. The molecule has 2 atom stereocenters. The van der Waals surface area contributed by atoms with Crippen LogP contribution in [-0.4, -0.2) is 7.05 Å². The molecule has 0 saturated heterocycles. The van der Waals surface area contributed by atoms with Crippen molar-refractivity contribution in [1.29, 1.82) is 0 Å². The Morgan fingerprint density at radius 3 is 2.91 bits per heavy atom. The molecule has 0 aromatic heterocycles. The highest BCUT2D eigenvalue weighted by Gasteiger charge is 2.20. The third-order valence-electron chi connectivity index (χ3n) is 2.41. The fourth-order valence-corrected chi connectivity index (χ4v) is 1.75. The molecule has 1 rings (SSSR count). The Hall–Kier alpha value is -0.720. The van der Waals surface area contributed by atoms with Crippen molar-refractivity contribution in [3.8, 4) is 0 Å². The first-order chi connectivity index (χ1) is 5.29. The minimum Gasteiger partial charge on any atom is -0.394 e. The first kappa shape index (κ1) is 8.38. The highest BCUT2D eigenvalue weighted by Crippen LogP contribution is 2.31. The predicted octanol–water partition coefficient (Wildman–Crippen LogP) is 2.32. The largest absolute Gasteiger partial charge is 0.394 e. The van der Waals surface area contributed by atoms with E-state index in [0.717, 1.165) is 11.8 Å². The third kappa shape index (κ3) is 1.65. The summed E-state index contributed by atoms with van der Waals surface area (Å²) in [7, 11) is 1.95. The second-order valence-electron chi connectivity index (χ2n) is 3.17. The highest BCUT2D eigenvalue weighted by molar-refractivity contribution is 5.29. The van der Waals surface area contributed by atoms with Crippen LogP contribution in [0.2, 0.25) is 0 Å². The van der Waals surface area contributed by atoms with Crippen LogP contribution in [0.3, 0.4) is 0 Å². The van der Waals surface area contributed by atoms with Crippen LogP contribution in [0.25, 0.3) is 0 Å². The zero-order valence-corrected chi connectivity index (χ0v) is 7.59. The Balaban J connectivity index is 2.68. The lowest BCUT2D eigenvalue weighted by atomic mass is 9.92. The molecule has 0 radical (unpaired) electrons. The van der Waals surface area contributed by atoms with Crippen LogP contribution in [0.15, 0.2) is 23.9 Å². The molecule has 0 aromatic rings. The summed E-state index contributed by atoms with van der Waals surface area (Å²) < 4.78 is 0. The molecule has 0 fully saturated rings. The van der Waals surface area contributed by atoms with Crippen molar-refractivity contribution in [3.63, 3.8) is 0 Å². The summed E-state index contributed by atoms with van der Waals surface area (Å²) in [6.07, 6.45) is 7.86. The van der Waals surface area contributed by atoms with Gasteiger partial charge >= 0.3 is 0 Å². The van der Waals surface area contributed by atoms with E-state index in [-0.39, 0.29) is 0 Å². The van der Waals surface area contributed by atoms with Crippen molar-refractivity contribution in [2.24, 2.45) is 11.8 Å². The Labute approximate surface area is 69.2 Å². The quantitative estimate of drug-likeness (QED) is 0.638. The topological polar surface area (TPSA) is 12.0 Å². The zero-order valence-electron chi connectivity index (χ0n) is 7.59. The normalized spacial score (nSPS) is 33.2. The molecule has 1 N–H and O–H groups in total. The second kappa shape index (κ2) is 3.61. The Bertz CT molecular complexity index is 179. The molecule has 0 amide bonds. The lowest BCUT2D eigenvalue weighted by Crippen LogP contribution is -2.07. The van der Waals surface area contributed by atoms with Crippen molar-refractivity contribution >= 4 is 0 Å². The van der Waals surface area contributed by atoms with Crippen molar-refractivity contribution < 1.29 is 0 Å². The molecule has 0 spiro atoms. The molecule has 0 saturated carbocycles. The summed E-state index contributed by atoms with van der Waals surface area (Å²) in [5.41, 5.74) is 1.45.